The fourth-order valence-electron chi connectivity index (χ4n) is 1.31. The third-order valence-electron chi connectivity index (χ3n) is 2.01. The van der Waals surface area contributed by atoms with Crippen molar-refractivity contribution in [2.45, 2.75) is 26.3 Å². The number of carboxylic acid groups (broad SMARTS) is 1. The number of rotatable bonds is 4. The number of anilines is 1. The Morgan fingerprint density at radius 1 is 1.69 bits per heavy atom. The highest BCUT2D eigenvalue weighted by Gasteiger charge is 2.28. The van der Waals surface area contributed by atoms with Crippen molar-refractivity contribution in [1.29, 1.82) is 0 Å². The number of aromatic nitrogens is 2. The lowest BCUT2D eigenvalue weighted by atomic mass is 10.1. The molecule has 8 nitrogen and oxygen atoms in total. The third kappa shape index (κ3) is 2.10. The van der Waals surface area contributed by atoms with E-state index >= 15 is 0 Å². The zero-order valence-corrected chi connectivity index (χ0v) is 8.88. The highest BCUT2D eigenvalue weighted by Crippen LogP contribution is 2.30. The summed E-state index contributed by atoms with van der Waals surface area (Å²) in [6.45, 7) is 2.96. The average molecular weight is 228 g/mol. The Morgan fingerprint density at radius 3 is 2.56 bits per heavy atom. The molecule has 0 unspecified atom stereocenters. The van der Waals surface area contributed by atoms with Gasteiger partial charge in [-0.3, -0.25) is 14.9 Å². The summed E-state index contributed by atoms with van der Waals surface area (Å²) in [4.78, 5) is 20.6. The summed E-state index contributed by atoms with van der Waals surface area (Å²) in [5.74, 6) is -1.58. The first kappa shape index (κ1) is 12.0. The van der Waals surface area contributed by atoms with E-state index in [9.17, 15) is 14.9 Å². The highest BCUT2D eigenvalue weighted by atomic mass is 16.6. The van der Waals surface area contributed by atoms with Crippen LogP contribution < -0.4 is 5.73 Å². The summed E-state index contributed by atoms with van der Waals surface area (Å²) in [6, 6.07) is 0. The minimum absolute atomic E-state index is 0.197. The molecule has 0 radical (unpaired) electrons. The normalized spacial score (nSPS) is 10.7. The first-order valence-corrected chi connectivity index (χ1v) is 4.57. The molecular weight excluding hydrogens is 216 g/mol. The Bertz CT molecular complexity index is 437. The lowest BCUT2D eigenvalue weighted by Crippen LogP contribution is -2.13. The van der Waals surface area contributed by atoms with Crippen LogP contribution in [0.2, 0.25) is 0 Å². The summed E-state index contributed by atoms with van der Waals surface area (Å²) < 4.78 is 0.926. The number of carboxylic acids is 1. The molecule has 1 rings (SSSR count). The van der Waals surface area contributed by atoms with Crippen LogP contribution in [0.25, 0.3) is 0 Å². The first-order valence-electron chi connectivity index (χ1n) is 4.57. The van der Waals surface area contributed by atoms with E-state index in [1.54, 1.807) is 13.8 Å². The molecule has 0 aliphatic heterocycles. The van der Waals surface area contributed by atoms with Gasteiger partial charge in [0.05, 0.1) is 4.92 Å². The van der Waals surface area contributed by atoms with E-state index in [4.69, 9.17) is 10.8 Å². The van der Waals surface area contributed by atoms with Crippen molar-refractivity contribution in [3.8, 4) is 0 Å². The smallest absolute Gasteiger partial charge is 0.334 e. The molecule has 0 spiro atoms. The molecule has 16 heavy (non-hydrogen) atoms. The topological polar surface area (TPSA) is 124 Å². The Balaban J connectivity index is 3.29. The van der Waals surface area contributed by atoms with Gasteiger partial charge in [0.1, 0.15) is 12.2 Å². The number of nitro groups is 1. The minimum Gasteiger partial charge on any atom is -0.480 e. The van der Waals surface area contributed by atoms with Crippen LogP contribution >= 0.6 is 0 Å². The van der Waals surface area contributed by atoms with Crippen molar-refractivity contribution in [2.24, 2.45) is 0 Å². The molecule has 0 saturated carbocycles. The van der Waals surface area contributed by atoms with E-state index in [1.807, 2.05) is 0 Å². The van der Waals surface area contributed by atoms with Gasteiger partial charge >= 0.3 is 11.7 Å². The van der Waals surface area contributed by atoms with E-state index < -0.39 is 17.4 Å². The largest absolute Gasteiger partial charge is 0.480 e. The monoisotopic (exact) mass is 228 g/mol. The van der Waals surface area contributed by atoms with Crippen molar-refractivity contribution >= 4 is 17.5 Å². The summed E-state index contributed by atoms with van der Waals surface area (Å²) in [5, 5.41) is 23.2. The van der Waals surface area contributed by atoms with Crippen LogP contribution in [0.4, 0.5) is 11.5 Å². The van der Waals surface area contributed by atoms with Crippen LogP contribution in [-0.2, 0) is 11.3 Å². The predicted octanol–water partition coefficient (Wildman–Crippen LogP) is 0.582. The number of nitrogens with zero attached hydrogens (tertiary/aromatic N) is 3. The molecule has 0 bridgehead atoms. The SMILES string of the molecule is CC(C)c1nn(CC(=O)O)c(N)c1[N+](=O)[O-]. The Morgan fingerprint density at radius 2 is 2.25 bits per heavy atom. The van der Waals surface area contributed by atoms with Crippen molar-refractivity contribution in [2.75, 3.05) is 5.73 Å². The van der Waals surface area contributed by atoms with Crippen molar-refractivity contribution in [3.63, 3.8) is 0 Å². The van der Waals surface area contributed by atoms with Gasteiger partial charge in [-0.05, 0) is 0 Å². The third-order valence-corrected chi connectivity index (χ3v) is 2.01. The van der Waals surface area contributed by atoms with Crippen molar-refractivity contribution < 1.29 is 14.8 Å². The molecule has 0 atom stereocenters. The van der Waals surface area contributed by atoms with E-state index in [0.717, 1.165) is 4.68 Å². The fraction of sp³-hybridized carbons (Fsp3) is 0.500. The fourth-order valence-corrected chi connectivity index (χ4v) is 1.31. The Hall–Kier alpha value is -2.12. The van der Waals surface area contributed by atoms with Crippen LogP contribution in [-0.4, -0.2) is 25.8 Å². The number of hydrogen-bond donors (Lipinski definition) is 2. The quantitative estimate of drug-likeness (QED) is 0.573. The zero-order valence-electron chi connectivity index (χ0n) is 8.88. The molecule has 1 aromatic heterocycles. The van der Waals surface area contributed by atoms with Gasteiger partial charge in [-0.15, -0.1) is 0 Å². The van der Waals surface area contributed by atoms with Crippen LogP contribution in [0.1, 0.15) is 25.5 Å². The number of hydrogen-bond acceptors (Lipinski definition) is 5. The van der Waals surface area contributed by atoms with Crippen LogP contribution in [0.15, 0.2) is 0 Å². The number of carbonyl (C=O) groups is 1. The van der Waals surface area contributed by atoms with Gasteiger partial charge in [0, 0.05) is 5.92 Å². The maximum Gasteiger partial charge on any atom is 0.334 e. The molecule has 1 heterocycles. The van der Waals surface area contributed by atoms with E-state index in [-0.39, 0.29) is 23.1 Å². The van der Waals surface area contributed by atoms with Gasteiger partial charge in [-0.1, -0.05) is 13.8 Å². The number of nitrogen functional groups attached to an aromatic ring is 1. The molecule has 0 aromatic carbocycles. The molecular formula is C8H12N4O4. The highest BCUT2D eigenvalue weighted by molar-refractivity contribution is 5.68. The van der Waals surface area contributed by atoms with Gasteiger partial charge in [-0.2, -0.15) is 5.10 Å². The molecule has 88 valence electrons. The van der Waals surface area contributed by atoms with Crippen molar-refractivity contribution in [1.82, 2.24) is 9.78 Å². The predicted molar refractivity (Wildman–Crippen MR) is 55.0 cm³/mol. The van der Waals surface area contributed by atoms with Crippen LogP contribution in [0.3, 0.4) is 0 Å². The molecule has 0 fully saturated rings. The lowest BCUT2D eigenvalue weighted by Gasteiger charge is -1.97. The number of nitrogens with two attached hydrogens (primary N) is 1. The molecule has 0 amide bonds. The minimum atomic E-state index is -1.15. The van der Waals surface area contributed by atoms with Crippen LogP contribution in [0.5, 0.6) is 0 Å². The van der Waals surface area contributed by atoms with Gasteiger partial charge in [-0.25, -0.2) is 4.68 Å². The second-order valence-electron chi connectivity index (χ2n) is 3.58. The second kappa shape index (κ2) is 4.17. The molecule has 0 aliphatic carbocycles. The van der Waals surface area contributed by atoms with E-state index in [1.165, 1.54) is 0 Å². The standard InChI is InChI=1S/C8H12N4O4/c1-4(2)6-7(12(15)16)8(9)11(10-6)3-5(13)14/h4H,3,9H2,1-2H3,(H,13,14). The average Bonchev–Trinajstić information content (AvgIpc) is 2.43. The van der Waals surface area contributed by atoms with Gasteiger partial charge in [0.15, 0.2) is 0 Å². The summed E-state index contributed by atoms with van der Waals surface area (Å²) in [6.07, 6.45) is 0. The molecule has 3 N–H and O–H groups in total. The van der Waals surface area contributed by atoms with Gasteiger partial charge in [0.25, 0.3) is 0 Å². The van der Waals surface area contributed by atoms with E-state index in [0.29, 0.717) is 0 Å². The summed E-state index contributed by atoms with van der Waals surface area (Å²) in [7, 11) is 0. The molecule has 0 aliphatic rings. The zero-order chi connectivity index (χ0) is 12.5. The molecule has 8 heteroatoms. The lowest BCUT2D eigenvalue weighted by molar-refractivity contribution is -0.384. The van der Waals surface area contributed by atoms with E-state index in [2.05, 4.69) is 5.10 Å². The summed E-state index contributed by atoms with van der Waals surface area (Å²) >= 11 is 0. The van der Waals surface area contributed by atoms with Crippen molar-refractivity contribution in [3.05, 3.63) is 15.8 Å². The number of aliphatic carboxylic acids is 1. The molecule has 1 aromatic rings. The van der Waals surface area contributed by atoms with Crippen LogP contribution in [0, 0.1) is 10.1 Å². The second-order valence-corrected chi connectivity index (χ2v) is 3.58. The van der Waals surface area contributed by atoms with Gasteiger partial charge < -0.3 is 10.8 Å². The Labute approximate surface area is 90.8 Å². The van der Waals surface area contributed by atoms with Gasteiger partial charge in [0.2, 0.25) is 5.82 Å². The molecule has 0 saturated heterocycles. The maximum atomic E-state index is 10.8. The first-order chi connectivity index (χ1) is 7.34. The maximum absolute atomic E-state index is 10.8. The Kier molecular flexibility index (Phi) is 3.11. The summed E-state index contributed by atoms with van der Waals surface area (Å²) in [5.41, 5.74) is 5.38.